The van der Waals surface area contributed by atoms with Crippen molar-refractivity contribution < 1.29 is 4.92 Å². The van der Waals surface area contributed by atoms with Crippen LogP contribution in [0.3, 0.4) is 0 Å². The Morgan fingerprint density at radius 1 is 1.17 bits per heavy atom. The summed E-state index contributed by atoms with van der Waals surface area (Å²) < 4.78 is 0. The Balaban J connectivity index is 2.31. The molecule has 0 saturated heterocycles. The minimum Gasteiger partial charge on any atom is -0.335 e. The van der Waals surface area contributed by atoms with Crippen LogP contribution in [0.2, 0.25) is 0 Å². The monoisotopic (exact) mass is 241 g/mol. The van der Waals surface area contributed by atoms with E-state index in [4.69, 9.17) is 0 Å². The maximum Gasteiger partial charge on any atom is 0.258 e. The number of rotatable bonds is 4. The minimum atomic E-state index is -0.488. The van der Waals surface area contributed by atoms with Crippen molar-refractivity contribution >= 4 is 11.5 Å². The third-order valence-corrected chi connectivity index (χ3v) is 2.25. The fourth-order valence-corrected chi connectivity index (χ4v) is 1.48. The molecule has 90 valence electrons. The van der Waals surface area contributed by atoms with E-state index >= 15 is 0 Å². The summed E-state index contributed by atoms with van der Waals surface area (Å²) in [5.74, 6) is 0.564. The van der Waals surface area contributed by atoms with E-state index in [0.29, 0.717) is 11.5 Å². The average molecular weight is 241 g/mol. The largest absolute Gasteiger partial charge is 0.335 e. The molecule has 0 aliphatic heterocycles. The van der Waals surface area contributed by atoms with E-state index in [1.807, 2.05) is 24.3 Å². The van der Waals surface area contributed by atoms with Gasteiger partial charge in [-0.1, -0.05) is 36.4 Å². The van der Waals surface area contributed by atoms with E-state index < -0.39 is 4.92 Å². The predicted molar refractivity (Wildman–Crippen MR) is 69.3 cm³/mol. The van der Waals surface area contributed by atoms with Crippen molar-refractivity contribution in [2.24, 2.45) is 0 Å². The zero-order valence-corrected chi connectivity index (χ0v) is 9.48. The van der Waals surface area contributed by atoms with Crippen molar-refractivity contribution in [2.75, 3.05) is 5.32 Å². The van der Waals surface area contributed by atoms with Crippen LogP contribution in [0.5, 0.6) is 0 Å². The van der Waals surface area contributed by atoms with Gasteiger partial charge in [-0.3, -0.25) is 10.1 Å². The van der Waals surface area contributed by atoms with E-state index in [9.17, 15) is 10.1 Å². The highest BCUT2D eigenvalue weighted by atomic mass is 16.6. The molecule has 0 atom stereocenters. The highest BCUT2D eigenvalue weighted by molar-refractivity contribution is 5.74. The van der Waals surface area contributed by atoms with Crippen molar-refractivity contribution in [2.45, 2.75) is 0 Å². The Kier molecular flexibility index (Phi) is 3.66. The SMILES string of the molecule is O=[N+]([O-])/C=C(\Nc1ccccn1)c1ccccc1. The van der Waals surface area contributed by atoms with Crippen molar-refractivity contribution in [3.8, 4) is 0 Å². The summed E-state index contributed by atoms with van der Waals surface area (Å²) in [5.41, 5.74) is 1.14. The summed E-state index contributed by atoms with van der Waals surface area (Å²) >= 11 is 0. The first-order valence-electron chi connectivity index (χ1n) is 5.34. The molecule has 1 aromatic carbocycles. The molecule has 1 N–H and O–H groups in total. The van der Waals surface area contributed by atoms with Crippen LogP contribution >= 0.6 is 0 Å². The molecular weight excluding hydrogens is 230 g/mol. The highest BCUT2D eigenvalue weighted by Crippen LogP contribution is 2.16. The number of anilines is 1. The summed E-state index contributed by atoms with van der Waals surface area (Å²) in [5, 5.41) is 13.6. The van der Waals surface area contributed by atoms with E-state index in [-0.39, 0.29) is 0 Å². The Morgan fingerprint density at radius 3 is 2.50 bits per heavy atom. The molecule has 1 aromatic heterocycles. The maximum atomic E-state index is 10.6. The van der Waals surface area contributed by atoms with E-state index in [1.54, 1.807) is 30.5 Å². The Morgan fingerprint density at radius 2 is 1.89 bits per heavy atom. The molecule has 0 aliphatic carbocycles. The third-order valence-electron chi connectivity index (χ3n) is 2.25. The van der Waals surface area contributed by atoms with E-state index in [1.165, 1.54) is 0 Å². The van der Waals surface area contributed by atoms with Crippen LogP contribution in [0.15, 0.2) is 60.9 Å². The molecule has 1 heterocycles. The molecule has 0 spiro atoms. The lowest BCUT2D eigenvalue weighted by molar-refractivity contribution is -0.401. The number of aromatic nitrogens is 1. The Bertz CT molecular complexity index is 553. The zero-order valence-electron chi connectivity index (χ0n) is 9.48. The smallest absolute Gasteiger partial charge is 0.258 e. The molecule has 5 nitrogen and oxygen atoms in total. The Hall–Kier alpha value is -2.69. The fraction of sp³-hybridized carbons (Fsp3) is 0. The molecule has 0 amide bonds. The number of hydrogen-bond acceptors (Lipinski definition) is 4. The van der Waals surface area contributed by atoms with Gasteiger partial charge in [-0.2, -0.15) is 0 Å². The average Bonchev–Trinajstić information content (AvgIpc) is 2.40. The lowest BCUT2D eigenvalue weighted by atomic mass is 10.1. The maximum absolute atomic E-state index is 10.6. The second-order valence-electron chi connectivity index (χ2n) is 3.53. The second-order valence-corrected chi connectivity index (χ2v) is 3.53. The third kappa shape index (κ3) is 3.15. The standard InChI is InChI=1S/C13H11N3O2/c17-16(18)10-12(11-6-2-1-3-7-11)15-13-8-4-5-9-14-13/h1-10H,(H,14,15)/b12-10-. The first-order valence-corrected chi connectivity index (χ1v) is 5.34. The number of nitrogens with zero attached hydrogens (tertiary/aromatic N) is 2. The number of pyridine rings is 1. The van der Waals surface area contributed by atoms with Gasteiger partial charge in [0.1, 0.15) is 11.5 Å². The molecule has 0 fully saturated rings. The molecular formula is C13H11N3O2. The summed E-state index contributed by atoms with van der Waals surface area (Å²) in [6.45, 7) is 0. The van der Waals surface area contributed by atoms with Crippen molar-refractivity contribution in [3.63, 3.8) is 0 Å². The molecule has 2 rings (SSSR count). The number of nitro groups is 1. The second kappa shape index (κ2) is 5.58. The first-order chi connectivity index (χ1) is 8.75. The van der Waals surface area contributed by atoms with Gasteiger partial charge in [0.15, 0.2) is 0 Å². The van der Waals surface area contributed by atoms with Crippen LogP contribution < -0.4 is 5.32 Å². The van der Waals surface area contributed by atoms with Gasteiger partial charge >= 0.3 is 0 Å². The molecule has 2 aromatic rings. The van der Waals surface area contributed by atoms with Crippen molar-refractivity contribution in [1.82, 2.24) is 4.98 Å². The Labute approximate surface area is 104 Å². The van der Waals surface area contributed by atoms with Gasteiger partial charge in [-0.15, -0.1) is 0 Å². The summed E-state index contributed by atoms with van der Waals surface area (Å²) in [6.07, 6.45) is 2.56. The lowest BCUT2D eigenvalue weighted by Gasteiger charge is -2.07. The van der Waals surface area contributed by atoms with Gasteiger partial charge in [0.25, 0.3) is 6.20 Å². The van der Waals surface area contributed by atoms with E-state index in [0.717, 1.165) is 11.8 Å². The van der Waals surface area contributed by atoms with Gasteiger partial charge in [0.05, 0.1) is 4.92 Å². The number of hydrogen-bond donors (Lipinski definition) is 1. The van der Waals surface area contributed by atoms with Gasteiger partial charge in [0.2, 0.25) is 0 Å². The summed E-state index contributed by atoms with van der Waals surface area (Å²) in [6, 6.07) is 14.4. The number of benzene rings is 1. The van der Waals surface area contributed by atoms with Crippen LogP contribution in [0.4, 0.5) is 5.82 Å². The van der Waals surface area contributed by atoms with E-state index in [2.05, 4.69) is 10.3 Å². The molecule has 0 unspecified atom stereocenters. The highest BCUT2D eigenvalue weighted by Gasteiger charge is 2.06. The first kappa shape index (κ1) is 11.8. The van der Waals surface area contributed by atoms with Crippen LogP contribution in [-0.2, 0) is 0 Å². The van der Waals surface area contributed by atoms with Crippen molar-refractivity contribution in [1.29, 1.82) is 0 Å². The molecule has 0 radical (unpaired) electrons. The van der Waals surface area contributed by atoms with Crippen LogP contribution in [-0.4, -0.2) is 9.91 Å². The predicted octanol–water partition coefficient (Wildman–Crippen LogP) is 2.77. The molecule has 0 bridgehead atoms. The summed E-state index contributed by atoms with van der Waals surface area (Å²) in [7, 11) is 0. The topological polar surface area (TPSA) is 68.1 Å². The van der Waals surface area contributed by atoms with Crippen LogP contribution in [0, 0.1) is 10.1 Å². The molecule has 0 saturated carbocycles. The lowest BCUT2D eigenvalue weighted by Crippen LogP contribution is -2.02. The number of nitrogens with one attached hydrogen (secondary N) is 1. The van der Waals surface area contributed by atoms with Crippen LogP contribution in [0.1, 0.15) is 5.56 Å². The fourth-order valence-electron chi connectivity index (χ4n) is 1.48. The minimum absolute atomic E-state index is 0.402. The van der Waals surface area contributed by atoms with Gasteiger partial charge in [0, 0.05) is 11.8 Å². The molecule has 0 aliphatic rings. The quantitative estimate of drug-likeness (QED) is 0.660. The van der Waals surface area contributed by atoms with Crippen molar-refractivity contribution in [3.05, 3.63) is 76.6 Å². The normalized spacial score (nSPS) is 11.0. The van der Waals surface area contributed by atoms with Gasteiger partial charge in [-0.25, -0.2) is 4.98 Å². The van der Waals surface area contributed by atoms with Crippen LogP contribution in [0.25, 0.3) is 5.70 Å². The van der Waals surface area contributed by atoms with Gasteiger partial charge in [-0.05, 0) is 12.1 Å². The molecule has 18 heavy (non-hydrogen) atoms. The van der Waals surface area contributed by atoms with Gasteiger partial charge < -0.3 is 5.32 Å². The summed E-state index contributed by atoms with van der Waals surface area (Å²) in [4.78, 5) is 14.2. The molecule has 5 heteroatoms. The zero-order chi connectivity index (χ0) is 12.8.